The number of benzene rings is 4. The van der Waals surface area contributed by atoms with Gasteiger partial charge in [-0.05, 0) is 46.2 Å². The highest BCUT2D eigenvalue weighted by atomic mass is 16.5. The fourth-order valence-corrected chi connectivity index (χ4v) is 5.02. The summed E-state index contributed by atoms with van der Waals surface area (Å²) in [5, 5.41) is 2.11. The third-order valence-electron chi connectivity index (χ3n) is 6.91. The molecule has 2 aliphatic rings. The summed E-state index contributed by atoms with van der Waals surface area (Å²) < 4.78 is 6.53. The van der Waals surface area contributed by atoms with Crippen molar-refractivity contribution >= 4 is 22.8 Å². The lowest BCUT2D eigenvalue weighted by Gasteiger charge is -2.42. The summed E-state index contributed by atoms with van der Waals surface area (Å²) >= 11 is 0. The molecule has 1 amide bonds. The Morgan fingerprint density at radius 1 is 0.788 bits per heavy atom. The third kappa shape index (κ3) is 3.60. The van der Waals surface area contributed by atoms with Gasteiger partial charge >= 0.3 is 0 Å². The maximum atomic E-state index is 13.3. The molecule has 162 valence electrons. The summed E-state index contributed by atoms with van der Waals surface area (Å²) in [6.07, 6.45) is 5.97. The van der Waals surface area contributed by atoms with Crippen LogP contribution in [0.5, 0.6) is 5.75 Å². The van der Waals surface area contributed by atoms with E-state index in [9.17, 15) is 4.79 Å². The van der Waals surface area contributed by atoms with Gasteiger partial charge in [-0.25, -0.2) is 0 Å². The maximum Gasteiger partial charge on any atom is 0.254 e. The summed E-state index contributed by atoms with van der Waals surface area (Å²) in [6.45, 7) is 1.37. The SMILES string of the molecule is O=C(c1cccc2ccccc12)N1CCC2(C=Cc3cc(-c4ccccc4)ccc3O2)CC1. The molecule has 3 heteroatoms. The second kappa shape index (κ2) is 7.93. The van der Waals surface area contributed by atoms with Gasteiger partial charge in [-0.3, -0.25) is 4.79 Å². The van der Waals surface area contributed by atoms with Crippen LogP contribution < -0.4 is 4.74 Å². The van der Waals surface area contributed by atoms with Crippen molar-refractivity contribution in [3.63, 3.8) is 0 Å². The second-order valence-corrected chi connectivity index (χ2v) is 8.94. The molecule has 0 atom stereocenters. The summed E-state index contributed by atoms with van der Waals surface area (Å²) in [5.74, 6) is 1.03. The molecular formula is C30H25NO2. The smallest absolute Gasteiger partial charge is 0.254 e. The molecule has 0 unspecified atom stereocenters. The Bertz CT molecular complexity index is 1360. The van der Waals surface area contributed by atoms with E-state index in [2.05, 4.69) is 66.7 Å². The molecule has 1 fully saturated rings. The highest BCUT2D eigenvalue weighted by Crippen LogP contribution is 2.39. The van der Waals surface area contributed by atoms with Crippen molar-refractivity contribution in [3.05, 3.63) is 108 Å². The number of likely N-dealkylation sites (tertiary alicyclic amines) is 1. The Kier molecular flexibility index (Phi) is 4.76. The van der Waals surface area contributed by atoms with Crippen LogP contribution in [0.2, 0.25) is 0 Å². The van der Waals surface area contributed by atoms with Crippen LogP contribution in [0.15, 0.2) is 97.1 Å². The number of ether oxygens (including phenoxy) is 1. The number of fused-ring (bicyclic) bond motifs is 2. The minimum Gasteiger partial charge on any atom is -0.482 e. The Morgan fingerprint density at radius 3 is 2.39 bits per heavy atom. The van der Waals surface area contributed by atoms with Crippen LogP contribution in [0, 0.1) is 0 Å². The third-order valence-corrected chi connectivity index (χ3v) is 6.91. The molecule has 33 heavy (non-hydrogen) atoms. The van der Waals surface area contributed by atoms with E-state index in [1.807, 2.05) is 41.3 Å². The van der Waals surface area contributed by atoms with E-state index in [1.54, 1.807) is 0 Å². The van der Waals surface area contributed by atoms with Crippen molar-refractivity contribution in [2.75, 3.05) is 13.1 Å². The van der Waals surface area contributed by atoms with Gasteiger partial charge in [0.1, 0.15) is 11.4 Å². The minimum atomic E-state index is -0.337. The van der Waals surface area contributed by atoms with Gasteiger partial charge in [-0.1, -0.05) is 78.9 Å². The number of carbonyl (C=O) groups is 1. The number of carbonyl (C=O) groups excluding carboxylic acids is 1. The lowest BCUT2D eigenvalue weighted by Crippen LogP contribution is -2.49. The van der Waals surface area contributed by atoms with Crippen LogP contribution >= 0.6 is 0 Å². The van der Waals surface area contributed by atoms with Gasteiger partial charge in [0.15, 0.2) is 0 Å². The average molecular weight is 432 g/mol. The Morgan fingerprint density at radius 2 is 1.55 bits per heavy atom. The first-order valence-electron chi connectivity index (χ1n) is 11.6. The van der Waals surface area contributed by atoms with Crippen molar-refractivity contribution in [1.29, 1.82) is 0 Å². The van der Waals surface area contributed by atoms with Crippen LogP contribution in [0.25, 0.3) is 28.0 Å². The summed E-state index contributed by atoms with van der Waals surface area (Å²) in [4.78, 5) is 15.3. The van der Waals surface area contributed by atoms with E-state index >= 15 is 0 Å². The highest BCUT2D eigenvalue weighted by Gasteiger charge is 2.38. The molecule has 0 radical (unpaired) electrons. The van der Waals surface area contributed by atoms with Crippen LogP contribution in [0.3, 0.4) is 0 Å². The highest BCUT2D eigenvalue weighted by molar-refractivity contribution is 6.07. The molecule has 0 saturated carbocycles. The molecule has 6 rings (SSSR count). The zero-order valence-corrected chi connectivity index (χ0v) is 18.4. The van der Waals surface area contributed by atoms with Gasteiger partial charge in [0.05, 0.1) is 0 Å². The Hall–Kier alpha value is -3.85. The topological polar surface area (TPSA) is 29.5 Å². The summed E-state index contributed by atoms with van der Waals surface area (Å²) in [7, 11) is 0. The van der Waals surface area contributed by atoms with Gasteiger partial charge in [0, 0.05) is 37.1 Å². The molecule has 0 N–H and O–H groups in total. The van der Waals surface area contributed by atoms with Gasteiger partial charge in [0.25, 0.3) is 5.91 Å². The van der Waals surface area contributed by atoms with Crippen LogP contribution in [0.1, 0.15) is 28.8 Å². The van der Waals surface area contributed by atoms with E-state index in [0.29, 0.717) is 13.1 Å². The monoisotopic (exact) mass is 431 g/mol. The molecule has 4 aromatic rings. The zero-order valence-electron chi connectivity index (χ0n) is 18.4. The maximum absolute atomic E-state index is 13.3. The number of rotatable bonds is 2. The molecule has 3 nitrogen and oxygen atoms in total. The first-order chi connectivity index (χ1) is 16.2. The average Bonchev–Trinajstić information content (AvgIpc) is 2.89. The number of piperidine rings is 1. The fraction of sp³-hybridized carbons (Fsp3) is 0.167. The van der Waals surface area contributed by atoms with Crippen LogP contribution in [0.4, 0.5) is 0 Å². The predicted octanol–water partition coefficient (Wildman–Crippen LogP) is 6.59. The number of nitrogens with zero attached hydrogens (tertiary/aromatic N) is 1. The van der Waals surface area contributed by atoms with Crippen molar-refractivity contribution in [1.82, 2.24) is 4.90 Å². The Balaban J connectivity index is 1.19. The van der Waals surface area contributed by atoms with Gasteiger partial charge in [-0.15, -0.1) is 0 Å². The zero-order chi connectivity index (χ0) is 22.3. The molecule has 1 spiro atoms. The molecule has 0 aromatic heterocycles. The van der Waals surface area contributed by atoms with Crippen molar-refractivity contribution in [2.45, 2.75) is 18.4 Å². The first-order valence-corrected chi connectivity index (χ1v) is 11.6. The van der Waals surface area contributed by atoms with E-state index in [0.717, 1.165) is 40.5 Å². The molecular weight excluding hydrogens is 406 g/mol. The standard InChI is InChI=1S/C30H25NO2/c32-29(27-12-6-10-23-9-4-5-11-26(23)27)31-19-17-30(18-20-31)16-15-25-21-24(13-14-28(25)33-30)22-7-2-1-3-8-22/h1-16,21H,17-20H2. The van der Waals surface area contributed by atoms with Crippen molar-refractivity contribution < 1.29 is 9.53 Å². The van der Waals surface area contributed by atoms with Crippen LogP contribution in [-0.2, 0) is 0 Å². The molecule has 4 aromatic carbocycles. The van der Waals surface area contributed by atoms with E-state index in [1.165, 1.54) is 11.1 Å². The molecule has 0 aliphatic carbocycles. The van der Waals surface area contributed by atoms with Crippen molar-refractivity contribution in [3.8, 4) is 16.9 Å². The number of amides is 1. The molecule has 0 bridgehead atoms. The van der Waals surface area contributed by atoms with Crippen LogP contribution in [-0.4, -0.2) is 29.5 Å². The summed E-state index contributed by atoms with van der Waals surface area (Å²) in [6, 6.07) is 30.8. The lowest BCUT2D eigenvalue weighted by molar-refractivity contribution is 0.0330. The van der Waals surface area contributed by atoms with E-state index in [-0.39, 0.29) is 11.5 Å². The first kappa shape index (κ1) is 19.8. The largest absolute Gasteiger partial charge is 0.482 e. The molecule has 2 heterocycles. The Labute approximate surface area is 193 Å². The van der Waals surface area contributed by atoms with Crippen molar-refractivity contribution in [2.24, 2.45) is 0 Å². The van der Waals surface area contributed by atoms with Gasteiger partial charge < -0.3 is 9.64 Å². The number of hydrogen-bond acceptors (Lipinski definition) is 2. The second-order valence-electron chi connectivity index (χ2n) is 8.94. The molecule has 1 saturated heterocycles. The molecule has 2 aliphatic heterocycles. The number of hydrogen-bond donors (Lipinski definition) is 0. The quantitative estimate of drug-likeness (QED) is 0.358. The van der Waals surface area contributed by atoms with E-state index < -0.39 is 0 Å². The normalized spacial score (nSPS) is 16.4. The van der Waals surface area contributed by atoms with E-state index in [4.69, 9.17) is 4.74 Å². The summed E-state index contributed by atoms with van der Waals surface area (Å²) in [5.41, 5.74) is 3.94. The van der Waals surface area contributed by atoms with Gasteiger partial charge in [0.2, 0.25) is 0 Å². The lowest BCUT2D eigenvalue weighted by atomic mass is 9.87. The fourth-order valence-electron chi connectivity index (χ4n) is 5.02. The minimum absolute atomic E-state index is 0.106. The van der Waals surface area contributed by atoms with Gasteiger partial charge in [-0.2, -0.15) is 0 Å². The predicted molar refractivity (Wildman–Crippen MR) is 133 cm³/mol.